The number of carbonyl (C=O) groups is 4. The second-order valence-electron chi connectivity index (χ2n) is 24.9. The molecule has 3 unspecified atom stereocenters. The van der Waals surface area contributed by atoms with E-state index in [4.69, 9.17) is 37.0 Å². The van der Waals surface area contributed by atoms with Crippen molar-refractivity contribution in [3.8, 4) is 0 Å². The third kappa shape index (κ3) is 59.7. The minimum atomic E-state index is -4.95. The highest BCUT2D eigenvalue weighted by Gasteiger charge is 2.30. The average Bonchev–Trinajstić information content (AvgIpc) is 3.60. The topological polar surface area (TPSA) is 237 Å². The van der Waals surface area contributed by atoms with E-state index < -0.39 is 97.5 Å². The van der Waals surface area contributed by atoms with Gasteiger partial charge in [0.15, 0.2) is 12.2 Å². The minimum Gasteiger partial charge on any atom is -0.462 e. The van der Waals surface area contributed by atoms with Crippen LogP contribution in [0.2, 0.25) is 0 Å². The van der Waals surface area contributed by atoms with E-state index >= 15 is 0 Å². The van der Waals surface area contributed by atoms with Gasteiger partial charge in [-0.15, -0.1) is 0 Å². The Morgan fingerprint density at radius 2 is 0.593 bits per heavy atom. The van der Waals surface area contributed by atoms with Gasteiger partial charge in [0.05, 0.1) is 26.4 Å². The number of aliphatic hydroxyl groups is 1. The molecule has 0 saturated carbocycles. The number of phosphoric ester groups is 2. The minimum absolute atomic E-state index is 0.103. The summed E-state index contributed by atoms with van der Waals surface area (Å²) in [5, 5.41) is 10.5. The van der Waals surface area contributed by atoms with Gasteiger partial charge in [-0.3, -0.25) is 37.3 Å². The molecular weight excluding hydrogens is 1140 g/mol. The Morgan fingerprint density at radius 3 is 0.884 bits per heavy atom. The molecule has 510 valence electrons. The van der Waals surface area contributed by atoms with Crippen LogP contribution in [-0.4, -0.2) is 96.7 Å². The molecule has 0 amide bonds. The van der Waals surface area contributed by atoms with Crippen LogP contribution in [0.5, 0.6) is 0 Å². The third-order valence-corrected chi connectivity index (χ3v) is 17.7. The van der Waals surface area contributed by atoms with Crippen LogP contribution in [0.4, 0.5) is 0 Å². The summed E-state index contributed by atoms with van der Waals surface area (Å²) < 4.78 is 67.9. The Bertz CT molecular complexity index is 1690. The van der Waals surface area contributed by atoms with Crippen LogP contribution in [0.1, 0.15) is 337 Å². The number of phosphoric acid groups is 2. The number of rotatable bonds is 66. The predicted molar refractivity (Wildman–Crippen MR) is 345 cm³/mol. The first-order chi connectivity index (χ1) is 41.4. The van der Waals surface area contributed by atoms with Crippen LogP contribution in [0.25, 0.3) is 0 Å². The average molecular weight is 1270 g/mol. The summed E-state index contributed by atoms with van der Waals surface area (Å²) in [4.78, 5) is 72.1. The van der Waals surface area contributed by atoms with E-state index in [1.807, 2.05) is 0 Å². The maximum Gasteiger partial charge on any atom is 0.472 e. The van der Waals surface area contributed by atoms with Crippen LogP contribution in [0.15, 0.2) is 0 Å². The summed E-state index contributed by atoms with van der Waals surface area (Å²) in [7, 11) is -9.88. The zero-order chi connectivity index (χ0) is 63.6. The quantitative estimate of drug-likeness (QED) is 0.0222. The standard InChI is InChI=1S/C67H130O17P2/c1-7-10-12-14-15-16-17-18-19-20-21-22-23-24-25-33-39-45-51-66(71)84-63(56-78-65(70)50-44-38-32-29-27-31-37-42-48-60(6)9-3)58-82-86(75,76)80-54-61(68)53-79-85(73,74)81-57-62(55-77-64(69)49-43-35-13-11-8-2)83-67(72)52-46-40-34-28-26-30-36-41-47-59(4)5/h59-63,68H,7-58H2,1-6H3,(H,73,74)(H,75,76)/t60?,61-,62+,63+/m0/s1. The Morgan fingerprint density at radius 1 is 0.337 bits per heavy atom. The number of hydrogen-bond acceptors (Lipinski definition) is 15. The van der Waals surface area contributed by atoms with Crippen LogP contribution in [-0.2, 0) is 65.4 Å². The van der Waals surface area contributed by atoms with Crippen molar-refractivity contribution >= 4 is 39.5 Å². The maximum absolute atomic E-state index is 13.0. The number of ether oxygens (including phenoxy) is 4. The normalized spacial score (nSPS) is 14.5. The van der Waals surface area contributed by atoms with Crippen LogP contribution in [0.3, 0.4) is 0 Å². The van der Waals surface area contributed by atoms with Crippen molar-refractivity contribution in [2.24, 2.45) is 11.8 Å². The highest BCUT2D eigenvalue weighted by Crippen LogP contribution is 2.45. The van der Waals surface area contributed by atoms with Gasteiger partial charge in [0.2, 0.25) is 0 Å². The molecule has 0 fully saturated rings. The van der Waals surface area contributed by atoms with E-state index in [0.29, 0.717) is 25.7 Å². The zero-order valence-electron chi connectivity index (χ0n) is 55.6. The molecule has 0 radical (unpaired) electrons. The van der Waals surface area contributed by atoms with Gasteiger partial charge in [-0.05, 0) is 37.5 Å². The Balaban J connectivity index is 5.15. The van der Waals surface area contributed by atoms with Crippen molar-refractivity contribution in [1.29, 1.82) is 0 Å². The van der Waals surface area contributed by atoms with Crippen LogP contribution >= 0.6 is 15.6 Å². The fourth-order valence-corrected chi connectivity index (χ4v) is 11.6. The summed E-state index contributed by atoms with van der Waals surface area (Å²) in [5.74, 6) is -0.645. The molecule has 0 aliphatic rings. The third-order valence-electron chi connectivity index (χ3n) is 15.8. The molecule has 0 aromatic carbocycles. The number of unbranched alkanes of at least 4 members (excludes halogenated alkanes) is 35. The van der Waals surface area contributed by atoms with Crippen LogP contribution < -0.4 is 0 Å². The monoisotopic (exact) mass is 1270 g/mol. The molecule has 0 saturated heterocycles. The maximum atomic E-state index is 13.0. The molecule has 0 aromatic rings. The van der Waals surface area contributed by atoms with Gasteiger partial charge in [0.25, 0.3) is 0 Å². The zero-order valence-corrected chi connectivity index (χ0v) is 57.4. The van der Waals surface area contributed by atoms with E-state index in [0.717, 1.165) is 108 Å². The summed E-state index contributed by atoms with van der Waals surface area (Å²) in [6.07, 6.45) is 43.5. The molecule has 0 spiro atoms. The summed E-state index contributed by atoms with van der Waals surface area (Å²) in [5.41, 5.74) is 0. The van der Waals surface area contributed by atoms with E-state index in [1.165, 1.54) is 148 Å². The van der Waals surface area contributed by atoms with Crippen molar-refractivity contribution in [3.63, 3.8) is 0 Å². The van der Waals surface area contributed by atoms with E-state index in [2.05, 4.69) is 41.5 Å². The fraction of sp³-hybridized carbons (Fsp3) is 0.940. The molecule has 3 N–H and O–H groups in total. The van der Waals surface area contributed by atoms with Gasteiger partial charge in [0, 0.05) is 25.7 Å². The highest BCUT2D eigenvalue weighted by molar-refractivity contribution is 7.47. The molecule has 0 bridgehead atoms. The first kappa shape index (κ1) is 84.1. The summed E-state index contributed by atoms with van der Waals surface area (Å²) in [6.45, 7) is 9.39. The lowest BCUT2D eigenvalue weighted by atomic mass is 9.99. The summed E-state index contributed by atoms with van der Waals surface area (Å²) in [6, 6.07) is 0. The SMILES string of the molecule is CCCCCCCCCCCCCCCCCCCCC(=O)O[C@H](COC(=O)CCCCCCCCCCC(C)CC)COP(=O)(O)OC[C@@H](O)COP(=O)(O)OC[C@@H](COC(=O)CCCCCCC)OC(=O)CCCCCCCCCCC(C)C. The van der Waals surface area contributed by atoms with Crippen molar-refractivity contribution < 1.29 is 80.2 Å². The Hall–Kier alpha value is -1.94. The molecule has 86 heavy (non-hydrogen) atoms. The molecular formula is C67H130O17P2. The first-order valence-corrected chi connectivity index (χ1v) is 38.0. The largest absolute Gasteiger partial charge is 0.472 e. The second kappa shape index (κ2) is 59.4. The van der Waals surface area contributed by atoms with Crippen molar-refractivity contribution in [2.75, 3.05) is 39.6 Å². The second-order valence-corrected chi connectivity index (χ2v) is 27.8. The van der Waals surface area contributed by atoms with E-state index in [9.17, 15) is 43.2 Å². The predicted octanol–water partition coefficient (Wildman–Crippen LogP) is 18.8. The van der Waals surface area contributed by atoms with Gasteiger partial charge in [-0.1, -0.05) is 286 Å². The smallest absolute Gasteiger partial charge is 0.462 e. The van der Waals surface area contributed by atoms with Gasteiger partial charge in [0.1, 0.15) is 19.3 Å². The molecule has 0 heterocycles. The molecule has 0 aliphatic heterocycles. The highest BCUT2D eigenvalue weighted by atomic mass is 31.2. The van der Waals surface area contributed by atoms with Crippen LogP contribution in [0, 0.1) is 11.8 Å². The Labute approximate surface area is 524 Å². The molecule has 0 aromatic heterocycles. The molecule has 17 nitrogen and oxygen atoms in total. The number of esters is 4. The van der Waals surface area contributed by atoms with Gasteiger partial charge in [-0.25, -0.2) is 9.13 Å². The van der Waals surface area contributed by atoms with Crippen molar-refractivity contribution in [1.82, 2.24) is 0 Å². The van der Waals surface area contributed by atoms with Gasteiger partial charge >= 0.3 is 39.5 Å². The molecule has 0 aliphatic carbocycles. The van der Waals surface area contributed by atoms with E-state index in [-0.39, 0.29) is 25.7 Å². The van der Waals surface area contributed by atoms with Gasteiger partial charge in [-0.2, -0.15) is 0 Å². The molecule has 0 rings (SSSR count). The molecule has 6 atom stereocenters. The summed E-state index contributed by atoms with van der Waals surface area (Å²) >= 11 is 0. The first-order valence-electron chi connectivity index (χ1n) is 35.0. The Kier molecular flexibility index (Phi) is 58.0. The number of hydrogen-bond donors (Lipinski definition) is 3. The lowest BCUT2D eigenvalue weighted by Gasteiger charge is -2.21. The number of carbonyl (C=O) groups excluding carboxylic acids is 4. The van der Waals surface area contributed by atoms with Crippen molar-refractivity contribution in [3.05, 3.63) is 0 Å². The molecule has 19 heteroatoms. The number of aliphatic hydroxyl groups excluding tert-OH is 1. The van der Waals surface area contributed by atoms with E-state index in [1.54, 1.807) is 0 Å². The van der Waals surface area contributed by atoms with Gasteiger partial charge < -0.3 is 33.8 Å². The van der Waals surface area contributed by atoms with Crippen molar-refractivity contribution in [2.45, 2.75) is 355 Å². The lowest BCUT2D eigenvalue weighted by molar-refractivity contribution is -0.161. The lowest BCUT2D eigenvalue weighted by Crippen LogP contribution is -2.30. The fourth-order valence-electron chi connectivity index (χ4n) is 10.0.